The average molecular weight is 299 g/mol. The summed E-state index contributed by atoms with van der Waals surface area (Å²) in [6.45, 7) is 8.71. The number of nitrogens with zero attached hydrogens (tertiary/aromatic N) is 1. The zero-order chi connectivity index (χ0) is 15.9. The van der Waals surface area contributed by atoms with Crippen LogP contribution in [0.5, 0.6) is 0 Å². The Morgan fingerprint density at radius 3 is 2.68 bits per heavy atom. The molecule has 118 valence electrons. The second-order valence-electron chi connectivity index (χ2n) is 5.77. The molecule has 0 aliphatic heterocycles. The van der Waals surface area contributed by atoms with Gasteiger partial charge in [-0.25, -0.2) is 0 Å². The second kappa shape index (κ2) is 7.90. The molecule has 1 heterocycles. The van der Waals surface area contributed by atoms with Crippen LogP contribution >= 0.6 is 0 Å². The zero-order valence-electron chi connectivity index (χ0n) is 13.6. The number of para-hydroxylation sites is 1. The van der Waals surface area contributed by atoms with Crippen molar-refractivity contribution in [2.75, 3.05) is 19.6 Å². The van der Waals surface area contributed by atoms with Gasteiger partial charge in [0.2, 0.25) is 0 Å². The Balaban J connectivity index is 2.19. The molecule has 0 unspecified atom stereocenters. The lowest BCUT2D eigenvalue weighted by atomic mass is 10.0. The number of aromatic nitrogens is 1. The van der Waals surface area contributed by atoms with Crippen molar-refractivity contribution >= 4 is 16.8 Å². The van der Waals surface area contributed by atoms with Crippen molar-refractivity contribution in [3.8, 4) is 0 Å². The number of carbonyl (C=O) groups excluding carboxylic acids is 1. The van der Waals surface area contributed by atoms with Crippen LogP contribution in [-0.4, -0.2) is 30.5 Å². The molecular formula is C18H25N3O. The van der Waals surface area contributed by atoms with E-state index in [0.717, 1.165) is 36.1 Å². The van der Waals surface area contributed by atoms with Crippen molar-refractivity contribution in [2.24, 2.45) is 0 Å². The maximum Gasteiger partial charge on any atom is 0.252 e. The number of nitrogens with one attached hydrogen (secondary N) is 2. The van der Waals surface area contributed by atoms with Gasteiger partial charge >= 0.3 is 0 Å². The average Bonchev–Trinajstić information content (AvgIpc) is 2.53. The van der Waals surface area contributed by atoms with E-state index in [1.54, 1.807) is 0 Å². The Bertz CT molecular complexity index is 637. The number of amides is 1. The summed E-state index contributed by atoms with van der Waals surface area (Å²) in [4.78, 5) is 17.1. The molecule has 4 nitrogen and oxygen atoms in total. The number of carbonyl (C=O) groups is 1. The SMILES string of the molecule is CCCNCCNC(=O)c1cc(C(C)C)nc2ccccc12. The van der Waals surface area contributed by atoms with Crippen LogP contribution in [0, 0.1) is 0 Å². The molecule has 0 saturated carbocycles. The fourth-order valence-corrected chi connectivity index (χ4v) is 2.34. The molecule has 0 spiro atoms. The van der Waals surface area contributed by atoms with Gasteiger partial charge in [-0.3, -0.25) is 9.78 Å². The molecule has 0 aliphatic rings. The van der Waals surface area contributed by atoms with Crippen LogP contribution in [0.3, 0.4) is 0 Å². The van der Waals surface area contributed by atoms with E-state index in [-0.39, 0.29) is 5.91 Å². The molecule has 0 saturated heterocycles. The summed E-state index contributed by atoms with van der Waals surface area (Å²) < 4.78 is 0. The topological polar surface area (TPSA) is 54.0 Å². The molecule has 0 atom stereocenters. The van der Waals surface area contributed by atoms with Gasteiger partial charge in [-0.2, -0.15) is 0 Å². The van der Waals surface area contributed by atoms with Crippen LogP contribution in [0.25, 0.3) is 10.9 Å². The minimum atomic E-state index is -0.0289. The third-order valence-electron chi connectivity index (χ3n) is 3.59. The fourth-order valence-electron chi connectivity index (χ4n) is 2.34. The first kappa shape index (κ1) is 16.4. The molecule has 2 rings (SSSR count). The molecule has 0 aliphatic carbocycles. The van der Waals surface area contributed by atoms with Crippen molar-refractivity contribution in [3.63, 3.8) is 0 Å². The Labute approximate surface area is 132 Å². The van der Waals surface area contributed by atoms with Gasteiger partial charge in [0.25, 0.3) is 5.91 Å². The fraction of sp³-hybridized carbons (Fsp3) is 0.444. The molecule has 2 N–H and O–H groups in total. The first-order valence-corrected chi connectivity index (χ1v) is 8.02. The number of rotatable bonds is 7. The third-order valence-corrected chi connectivity index (χ3v) is 3.59. The molecule has 22 heavy (non-hydrogen) atoms. The Morgan fingerprint density at radius 2 is 1.95 bits per heavy atom. The van der Waals surface area contributed by atoms with Crippen LogP contribution in [-0.2, 0) is 0 Å². The maximum atomic E-state index is 12.5. The molecular weight excluding hydrogens is 274 g/mol. The highest BCUT2D eigenvalue weighted by Gasteiger charge is 2.13. The summed E-state index contributed by atoms with van der Waals surface area (Å²) in [6.07, 6.45) is 1.10. The van der Waals surface area contributed by atoms with Gasteiger partial charge in [0, 0.05) is 24.2 Å². The van der Waals surface area contributed by atoms with E-state index in [1.807, 2.05) is 30.3 Å². The molecule has 1 aromatic heterocycles. The maximum absolute atomic E-state index is 12.5. The normalized spacial score (nSPS) is 11.1. The van der Waals surface area contributed by atoms with Gasteiger partial charge < -0.3 is 10.6 Å². The lowest BCUT2D eigenvalue weighted by Crippen LogP contribution is -2.32. The van der Waals surface area contributed by atoms with Crippen molar-refractivity contribution in [1.29, 1.82) is 0 Å². The molecule has 1 amide bonds. The monoisotopic (exact) mass is 299 g/mol. The van der Waals surface area contributed by atoms with Crippen LogP contribution in [0.2, 0.25) is 0 Å². The van der Waals surface area contributed by atoms with Crippen molar-refractivity contribution < 1.29 is 4.79 Å². The van der Waals surface area contributed by atoms with Gasteiger partial charge in [-0.05, 0) is 31.0 Å². The number of fused-ring (bicyclic) bond motifs is 1. The van der Waals surface area contributed by atoms with E-state index in [1.165, 1.54) is 0 Å². The third kappa shape index (κ3) is 4.04. The summed E-state index contributed by atoms with van der Waals surface area (Å²) in [7, 11) is 0. The highest BCUT2D eigenvalue weighted by Crippen LogP contribution is 2.22. The van der Waals surface area contributed by atoms with Gasteiger partial charge in [0.15, 0.2) is 0 Å². The summed E-state index contributed by atoms with van der Waals surface area (Å²) in [5, 5.41) is 7.18. The lowest BCUT2D eigenvalue weighted by Gasteiger charge is -2.12. The molecule has 2 aromatic rings. The summed E-state index contributed by atoms with van der Waals surface area (Å²) >= 11 is 0. The van der Waals surface area contributed by atoms with E-state index in [9.17, 15) is 4.79 Å². The molecule has 0 fully saturated rings. The Morgan fingerprint density at radius 1 is 1.18 bits per heavy atom. The van der Waals surface area contributed by atoms with Gasteiger partial charge in [0.05, 0.1) is 11.1 Å². The predicted octanol–water partition coefficient (Wildman–Crippen LogP) is 3.09. The van der Waals surface area contributed by atoms with E-state index in [0.29, 0.717) is 18.0 Å². The number of hydrogen-bond donors (Lipinski definition) is 2. The van der Waals surface area contributed by atoms with E-state index >= 15 is 0 Å². The van der Waals surface area contributed by atoms with Crippen LogP contribution in [0.15, 0.2) is 30.3 Å². The number of pyridine rings is 1. The van der Waals surface area contributed by atoms with Crippen molar-refractivity contribution in [1.82, 2.24) is 15.6 Å². The van der Waals surface area contributed by atoms with Gasteiger partial charge in [-0.15, -0.1) is 0 Å². The summed E-state index contributed by atoms with van der Waals surface area (Å²) in [5.41, 5.74) is 2.54. The molecule has 0 radical (unpaired) electrons. The standard InChI is InChI=1S/C18H25N3O/c1-4-9-19-10-11-20-18(22)15-12-17(13(2)3)21-16-8-6-5-7-14(15)16/h5-8,12-13,19H,4,9-11H2,1-3H3,(H,20,22). The van der Waals surface area contributed by atoms with Crippen molar-refractivity contribution in [2.45, 2.75) is 33.1 Å². The van der Waals surface area contributed by atoms with E-state index in [4.69, 9.17) is 0 Å². The van der Waals surface area contributed by atoms with E-state index in [2.05, 4.69) is 36.4 Å². The summed E-state index contributed by atoms with van der Waals surface area (Å²) in [6, 6.07) is 9.73. The Kier molecular flexibility index (Phi) is 5.90. The minimum Gasteiger partial charge on any atom is -0.351 e. The van der Waals surface area contributed by atoms with Crippen LogP contribution < -0.4 is 10.6 Å². The second-order valence-corrected chi connectivity index (χ2v) is 5.77. The first-order valence-electron chi connectivity index (χ1n) is 8.02. The largest absolute Gasteiger partial charge is 0.351 e. The number of hydrogen-bond acceptors (Lipinski definition) is 3. The lowest BCUT2D eigenvalue weighted by molar-refractivity contribution is 0.0955. The van der Waals surface area contributed by atoms with Crippen LogP contribution in [0.4, 0.5) is 0 Å². The Hall–Kier alpha value is -1.94. The smallest absolute Gasteiger partial charge is 0.252 e. The molecule has 4 heteroatoms. The first-order chi connectivity index (χ1) is 10.6. The highest BCUT2D eigenvalue weighted by atomic mass is 16.1. The van der Waals surface area contributed by atoms with E-state index < -0.39 is 0 Å². The highest BCUT2D eigenvalue weighted by molar-refractivity contribution is 6.06. The zero-order valence-corrected chi connectivity index (χ0v) is 13.6. The van der Waals surface area contributed by atoms with Gasteiger partial charge in [0.1, 0.15) is 0 Å². The number of benzene rings is 1. The minimum absolute atomic E-state index is 0.0289. The quantitative estimate of drug-likeness (QED) is 0.773. The predicted molar refractivity (Wildman–Crippen MR) is 91.3 cm³/mol. The van der Waals surface area contributed by atoms with Crippen LogP contribution in [0.1, 0.15) is 49.2 Å². The summed E-state index contributed by atoms with van der Waals surface area (Å²) in [5.74, 6) is 0.265. The van der Waals surface area contributed by atoms with Crippen molar-refractivity contribution in [3.05, 3.63) is 41.6 Å². The molecule has 1 aromatic carbocycles. The van der Waals surface area contributed by atoms with Gasteiger partial charge in [-0.1, -0.05) is 39.0 Å². The molecule has 0 bridgehead atoms.